The van der Waals surface area contributed by atoms with Crippen molar-refractivity contribution in [3.05, 3.63) is 84.2 Å². The zero-order chi connectivity index (χ0) is 23.1. The van der Waals surface area contributed by atoms with Crippen LogP contribution in [-0.4, -0.2) is 35.3 Å². The van der Waals surface area contributed by atoms with Crippen molar-refractivity contribution in [3.8, 4) is 16.9 Å². The predicted molar refractivity (Wildman–Crippen MR) is 135 cm³/mol. The van der Waals surface area contributed by atoms with E-state index in [4.69, 9.17) is 9.39 Å². The molecular formula is C27H26BFN2O2. The van der Waals surface area contributed by atoms with Crippen LogP contribution in [0.1, 0.15) is 5.56 Å². The highest BCUT2D eigenvalue weighted by atomic mass is 19.1. The van der Waals surface area contributed by atoms with Crippen molar-refractivity contribution >= 4 is 34.7 Å². The van der Waals surface area contributed by atoms with Crippen LogP contribution in [0.3, 0.4) is 0 Å². The number of fused-ring (bicyclic) bond motifs is 2. The predicted octanol–water partition coefficient (Wildman–Crippen LogP) is 5.08. The number of rotatable bonds is 5. The van der Waals surface area contributed by atoms with E-state index >= 15 is 4.39 Å². The van der Waals surface area contributed by atoms with Crippen molar-refractivity contribution in [3.63, 3.8) is 0 Å². The third kappa shape index (κ3) is 3.70. The molecule has 0 saturated heterocycles. The van der Waals surface area contributed by atoms with E-state index in [-0.39, 0.29) is 12.9 Å². The maximum absolute atomic E-state index is 15.1. The van der Waals surface area contributed by atoms with Gasteiger partial charge in [-0.2, -0.15) is 0 Å². The SMILES string of the molecule is COc1cccc(-c2cc3c(cc2F)COB3N(C)c2cccc3cccc(N(C)C)c23)c1. The molecule has 0 aromatic heterocycles. The van der Waals surface area contributed by atoms with Crippen LogP contribution >= 0.6 is 0 Å². The van der Waals surface area contributed by atoms with Crippen molar-refractivity contribution in [2.75, 3.05) is 38.0 Å². The van der Waals surface area contributed by atoms with Crippen molar-refractivity contribution in [1.82, 2.24) is 0 Å². The largest absolute Gasteiger partial charge is 0.497 e. The fourth-order valence-electron chi connectivity index (χ4n) is 4.67. The highest BCUT2D eigenvalue weighted by Gasteiger charge is 2.35. The summed E-state index contributed by atoms with van der Waals surface area (Å²) in [4.78, 5) is 4.27. The molecule has 166 valence electrons. The summed E-state index contributed by atoms with van der Waals surface area (Å²) in [5.41, 5.74) is 5.40. The number of halogens is 1. The van der Waals surface area contributed by atoms with Gasteiger partial charge in [0.2, 0.25) is 0 Å². The fourth-order valence-corrected chi connectivity index (χ4v) is 4.67. The van der Waals surface area contributed by atoms with Gasteiger partial charge in [-0.1, -0.05) is 42.5 Å². The summed E-state index contributed by atoms with van der Waals surface area (Å²) in [5.74, 6) is 0.443. The summed E-state index contributed by atoms with van der Waals surface area (Å²) in [6.45, 7) is 0.380. The molecule has 0 N–H and O–H groups in total. The Labute approximate surface area is 194 Å². The van der Waals surface area contributed by atoms with Gasteiger partial charge in [-0.25, -0.2) is 4.39 Å². The van der Waals surface area contributed by atoms with Crippen LogP contribution in [-0.2, 0) is 11.3 Å². The zero-order valence-corrected chi connectivity index (χ0v) is 19.3. The maximum atomic E-state index is 15.1. The quantitative estimate of drug-likeness (QED) is 0.404. The van der Waals surface area contributed by atoms with Gasteiger partial charge in [-0.05, 0) is 59.4 Å². The molecule has 1 aliphatic heterocycles. The Morgan fingerprint density at radius 1 is 0.909 bits per heavy atom. The molecule has 0 fully saturated rings. The van der Waals surface area contributed by atoms with Gasteiger partial charge in [0.05, 0.1) is 13.7 Å². The second-order valence-corrected chi connectivity index (χ2v) is 8.58. The second kappa shape index (κ2) is 8.45. The van der Waals surface area contributed by atoms with Crippen molar-refractivity contribution in [2.24, 2.45) is 0 Å². The molecule has 4 aromatic rings. The molecule has 0 atom stereocenters. The highest BCUT2D eigenvalue weighted by molar-refractivity contribution is 6.72. The van der Waals surface area contributed by atoms with E-state index in [0.717, 1.165) is 28.0 Å². The Hall–Kier alpha value is -3.51. The average molecular weight is 440 g/mol. The summed E-state index contributed by atoms with van der Waals surface area (Å²) in [7, 11) is 7.44. The Bertz CT molecular complexity index is 1340. The molecule has 0 amide bonds. The molecule has 6 heteroatoms. The molecule has 0 aliphatic carbocycles. The van der Waals surface area contributed by atoms with Crippen LogP contribution in [0.25, 0.3) is 21.9 Å². The molecule has 0 radical (unpaired) electrons. The number of hydrogen-bond acceptors (Lipinski definition) is 4. The molecule has 0 spiro atoms. The first-order valence-electron chi connectivity index (χ1n) is 11.0. The molecule has 0 unspecified atom stereocenters. The van der Waals surface area contributed by atoms with E-state index in [2.05, 4.69) is 60.2 Å². The fraction of sp³-hybridized carbons (Fsp3) is 0.185. The number of ether oxygens (including phenoxy) is 1. The summed E-state index contributed by atoms with van der Waals surface area (Å²) in [5, 5.41) is 2.33. The number of methoxy groups -OCH3 is 1. The highest BCUT2D eigenvalue weighted by Crippen LogP contribution is 2.35. The molecule has 1 heterocycles. The van der Waals surface area contributed by atoms with Crippen LogP contribution in [0.15, 0.2) is 72.8 Å². The molecule has 4 nitrogen and oxygen atoms in total. The summed E-state index contributed by atoms with van der Waals surface area (Å²) in [6, 6.07) is 23.6. The Morgan fingerprint density at radius 3 is 2.36 bits per heavy atom. The maximum Gasteiger partial charge on any atom is 0.452 e. The molecular weight excluding hydrogens is 414 g/mol. The summed E-state index contributed by atoms with van der Waals surface area (Å²) < 4.78 is 26.6. The lowest BCUT2D eigenvalue weighted by atomic mass is 9.70. The van der Waals surface area contributed by atoms with E-state index in [1.165, 1.54) is 10.8 Å². The van der Waals surface area contributed by atoms with Gasteiger partial charge < -0.3 is 19.1 Å². The van der Waals surface area contributed by atoms with Gasteiger partial charge in [0.1, 0.15) is 11.6 Å². The van der Waals surface area contributed by atoms with Crippen LogP contribution < -0.4 is 19.9 Å². The lowest BCUT2D eigenvalue weighted by Crippen LogP contribution is -2.46. The van der Waals surface area contributed by atoms with Gasteiger partial charge in [-0.3, -0.25) is 0 Å². The first-order valence-corrected chi connectivity index (χ1v) is 11.0. The average Bonchev–Trinajstić information content (AvgIpc) is 3.24. The zero-order valence-electron chi connectivity index (χ0n) is 19.3. The molecule has 0 saturated carbocycles. The summed E-state index contributed by atoms with van der Waals surface area (Å²) >= 11 is 0. The minimum atomic E-state index is -0.314. The van der Waals surface area contributed by atoms with E-state index < -0.39 is 0 Å². The molecule has 1 aliphatic rings. The molecule has 5 rings (SSSR count). The van der Waals surface area contributed by atoms with E-state index in [1.807, 2.05) is 37.4 Å². The van der Waals surface area contributed by atoms with Gasteiger partial charge in [0, 0.05) is 36.4 Å². The first-order chi connectivity index (χ1) is 16.0. The summed E-state index contributed by atoms with van der Waals surface area (Å²) in [6.07, 6.45) is 0. The first kappa shape index (κ1) is 21.3. The normalized spacial score (nSPS) is 12.7. The number of hydrogen-bond donors (Lipinski definition) is 0. The monoisotopic (exact) mass is 440 g/mol. The lowest BCUT2D eigenvalue weighted by Gasteiger charge is -2.27. The third-order valence-corrected chi connectivity index (χ3v) is 6.35. The van der Waals surface area contributed by atoms with Crippen molar-refractivity contribution < 1.29 is 13.8 Å². The van der Waals surface area contributed by atoms with Crippen LogP contribution in [0.5, 0.6) is 5.75 Å². The smallest absolute Gasteiger partial charge is 0.452 e. The Kier molecular flexibility index (Phi) is 5.46. The van der Waals surface area contributed by atoms with E-state index in [0.29, 0.717) is 17.9 Å². The van der Waals surface area contributed by atoms with Crippen LogP contribution in [0.2, 0.25) is 0 Å². The van der Waals surface area contributed by atoms with E-state index in [9.17, 15) is 0 Å². The van der Waals surface area contributed by atoms with Crippen LogP contribution in [0.4, 0.5) is 15.8 Å². The Morgan fingerprint density at radius 2 is 1.64 bits per heavy atom. The van der Waals surface area contributed by atoms with Gasteiger partial charge in [0.25, 0.3) is 0 Å². The van der Waals surface area contributed by atoms with Crippen molar-refractivity contribution in [2.45, 2.75) is 6.61 Å². The van der Waals surface area contributed by atoms with Crippen molar-refractivity contribution in [1.29, 1.82) is 0 Å². The number of nitrogens with zero attached hydrogens (tertiary/aromatic N) is 2. The molecule has 0 bridgehead atoms. The number of anilines is 2. The van der Waals surface area contributed by atoms with Gasteiger partial charge in [0.15, 0.2) is 0 Å². The van der Waals surface area contributed by atoms with Gasteiger partial charge in [-0.15, -0.1) is 0 Å². The third-order valence-electron chi connectivity index (χ3n) is 6.35. The topological polar surface area (TPSA) is 24.9 Å². The standard InChI is InChI=1S/C27H26BFN2O2/c1-30(2)25-12-6-8-18-9-7-13-26(27(18)25)31(3)28-23-16-22(24(29)15-20(23)17-33-28)19-10-5-11-21(14-19)32-4/h5-16H,17H2,1-4H3. The second-order valence-electron chi connectivity index (χ2n) is 8.58. The number of benzene rings is 4. The Balaban J connectivity index is 1.60. The molecule has 33 heavy (non-hydrogen) atoms. The molecule has 4 aromatic carbocycles. The minimum Gasteiger partial charge on any atom is -0.497 e. The van der Waals surface area contributed by atoms with Crippen LogP contribution in [0, 0.1) is 5.82 Å². The van der Waals surface area contributed by atoms with Gasteiger partial charge >= 0.3 is 7.05 Å². The lowest BCUT2D eigenvalue weighted by molar-refractivity contribution is 0.329. The minimum absolute atomic E-state index is 0.256. The van der Waals surface area contributed by atoms with E-state index in [1.54, 1.807) is 13.2 Å².